The average Bonchev–Trinajstić information content (AvgIpc) is 3.60. The molecule has 15 atom stereocenters. The predicted molar refractivity (Wildman–Crippen MR) is 220 cm³/mol. The Kier molecular flexibility index (Phi) is 17.6. The fourth-order valence-electron chi connectivity index (χ4n) is 9.10. The van der Waals surface area contributed by atoms with Crippen molar-refractivity contribution in [1.29, 1.82) is 0 Å². The summed E-state index contributed by atoms with van der Waals surface area (Å²) in [6.07, 6.45) is -11.5. The average molecular weight is 877 g/mol. The number of carbonyl (C=O) groups excluding carboxylic acids is 2. The molecular formula is C44H64N2O16. The van der Waals surface area contributed by atoms with Gasteiger partial charge in [0.15, 0.2) is 18.8 Å². The van der Waals surface area contributed by atoms with E-state index in [-0.39, 0.29) is 38.6 Å². The number of rotatable bonds is 20. The Balaban J connectivity index is 1.10. The predicted octanol–water partition coefficient (Wildman–Crippen LogP) is 1.91. The van der Waals surface area contributed by atoms with Gasteiger partial charge in [-0.15, -0.1) is 0 Å². The van der Waals surface area contributed by atoms with Gasteiger partial charge >= 0.3 is 5.97 Å². The normalized spacial score (nSPS) is 34.6. The number of fused-ring (bicyclic) bond motifs is 3. The zero-order valence-electron chi connectivity index (χ0n) is 37.0. The van der Waals surface area contributed by atoms with Crippen molar-refractivity contribution in [3.05, 3.63) is 59.7 Å². The maximum atomic E-state index is 13.4. The van der Waals surface area contributed by atoms with Gasteiger partial charge in [0.25, 0.3) is 0 Å². The van der Waals surface area contributed by atoms with Crippen LogP contribution in [0.5, 0.6) is 0 Å². The zero-order chi connectivity index (χ0) is 44.5. The Morgan fingerprint density at radius 1 is 0.581 bits per heavy atom. The Morgan fingerprint density at radius 3 is 1.60 bits per heavy atom. The van der Waals surface area contributed by atoms with Crippen LogP contribution in [0.25, 0.3) is 11.1 Å². The Morgan fingerprint density at radius 2 is 1.06 bits per heavy atom. The minimum Gasteiger partial charge on any atom is -0.465 e. The zero-order valence-corrected chi connectivity index (χ0v) is 37.0. The van der Waals surface area contributed by atoms with Crippen LogP contribution in [0.4, 0.5) is 0 Å². The van der Waals surface area contributed by atoms with Crippen LogP contribution in [-0.4, -0.2) is 181 Å². The standard InChI is InChI=1S/C44H64N2O16/c1-23-33(45)36(51-4)40(55-8)43(58-23)61-35-30(22-50-3)60-44(41(56-9)38(35)53-6)62-34-29(21-49-2)59-42(39(54-7)37(34)52-5)46-31(47)18-19-32(48)57-20-28-26-16-12-10-14-24(26)25-15-11-13-17-27(25)28/h10-17,23,28-30,33-44H,18-22,45H2,1-9H3,(H,46,47)/t23?,29?,30?,33-,34-,35-,36-,37-,38-,39?,40?,41?,42?,43-,44-/m0/s1. The first kappa shape index (κ1) is 48.3. The van der Waals surface area contributed by atoms with E-state index >= 15 is 0 Å². The summed E-state index contributed by atoms with van der Waals surface area (Å²) in [5.74, 6) is -1.04. The lowest BCUT2D eigenvalue weighted by atomic mass is 9.95. The molecule has 3 aliphatic heterocycles. The highest BCUT2D eigenvalue weighted by molar-refractivity contribution is 5.82. The van der Waals surface area contributed by atoms with E-state index in [0.29, 0.717) is 0 Å². The lowest BCUT2D eigenvalue weighted by Crippen LogP contribution is -2.68. The Labute approximate surface area is 363 Å². The highest BCUT2D eigenvalue weighted by atomic mass is 16.8. The molecule has 2 aromatic carbocycles. The number of nitrogens with one attached hydrogen (secondary N) is 1. The molecule has 18 heteroatoms. The number of esters is 1. The first-order valence-electron chi connectivity index (χ1n) is 20.9. The van der Waals surface area contributed by atoms with E-state index in [9.17, 15) is 9.59 Å². The van der Waals surface area contributed by atoms with Crippen LogP contribution in [-0.2, 0) is 75.9 Å². The minimum absolute atomic E-state index is 0.0385. The molecule has 3 fully saturated rings. The summed E-state index contributed by atoms with van der Waals surface area (Å²) in [5.41, 5.74) is 10.9. The number of methoxy groups -OCH3 is 8. The lowest BCUT2D eigenvalue weighted by molar-refractivity contribution is -0.374. The monoisotopic (exact) mass is 876 g/mol. The molecule has 62 heavy (non-hydrogen) atoms. The van der Waals surface area contributed by atoms with Crippen molar-refractivity contribution in [2.24, 2.45) is 5.73 Å². The van der Waals surface area contributed by atoms with Crippen LogP contribution in [0, 0.1) is 0 Å². The van der Waals surface area contributed by atoms with Crippen LogP contribution in [0.2, 0.25) is 0 Å². The van der Waals surface area contributed by atoms with E-state index in [4.69, 9.17) is 72.0 Å². The number of nitrogens with two attached hydrogens (primary N) is 1. The van der Waals surface area contributed by atoms with E-state index in [1.165, 1.54) is 49.8 Å². The maximum absolute atomic E-state index is 13.4. The molecule has 0 spiro atoms. The molecule has 346 valence electrons. The largest absolute Gasteiger partial charge is 0.465 e. The highest BCUT2D eigenvalue weighted by Crippen LogP contribution is 2.44. The van der Waals surface area contributed by atoms with Gasteiger partial charge in [0, 0.05) is 69.2 Å². The van der Waals surface area contributed by atoms with E-state index in [1.807, 2.05) is 31.2 Å². The Hall–Kier alpha value is -3.18. The number of ether oxygens (including phenoxy) is 14. The molecule has 1 amide bonds. The Bertz CT molecular complexity index is 1690. The molecule has 0 radical (unpaired) electrons. The molecule has 1 aliphatic carbocycles. The van der Waals surface area contributed by atoms with Crippen molar-refractivity contribution in [1.82, 2.24) is 5.32 Å². The van der Waals surface area contributed by atoms with E-state index in [0.717, 1.165) is 22.3 Å². The molecule has 18 nitrogen and oxygen atoms in total. The smallest absolute Gasteiger partial charge is 0.306 e. The molecule has 0 bridgehead atoms. The minimum atomic E-state index is -1.08. The van der Waals surface area contributed by atoms with Crippen LogP contribution < -0.4 is 11.1 Å². The molecule has 3 heterocycles. The summed E-state index contributed by atoms with van der Waals surface area (Å²) in [4.78, 5) is 26.4. The third-order valence-corrected chi connectivity index (χ3v) is 12.2. The summed E-state index contributed by atoms with van der Waals surface area (Å²) in [5, 5.41) is 2.87. The SMILES string of the molecule is COCC1OC(NC(=O)CCC(=O)OCC2c3ccccc3-c3ccccc32)C(OC)[C@@H](OC)[C@H]1O[C@@H]1OC(COC)[C@H](O[C@@H]2OC(C)[C@H](N)[C@H](OC)C2OC)[C@H](OC)C1OC. The maximum Gasteiger partial charge on any atom is 0.306 e. The summed E-state index contributed by atoms with van der Waals surface area (Å²) in [7, 11) is 12.2. The third kappa shape index (κ3) is 10.3. The lowest BCUT2D eigenvalue weighted by Gasteiger charge is -2.51. The molecule has 2 aromatic rings. The molecule has 6 rings (SSSR count). The summed E-state index contributed by atoms with van der Waals surface area (Å²) in [6.45, 7) is 2.11. The topological polar surface area (TPSA) is 201 Å². The molecule has 0 aromatic heterocycles. The fraction of sp³-hybridized carbons (Fsp3) is 0.682. The first-order chi connectivity index (χ1) is 30.1. The summed E-state index contributed by atoms with van der Waals surface area (Å²) in [6, 6.07) is 15.7. The van der Waals surface area contributed by atoms with Crippen molar-refractivity contribution in [2.45, 2.75) is 118 Å². The van der Waals surface area contributed by atoms with Crippen molar-refractivity contribution in [3.8, 4) is 11.1 Å². The molecule has 4 aliphatic rings. The quantitative estimate of drug-likeness (QED) is 0.183. The molecular weight excluding hydrogens is 812 g/mol. The second kappa shape index (κ2) is 22.6. The molecule has 3 N–H and O–H groups in total. The van der Waals surface area contributed by atoms with E-state index < -0.39 is 104 Å². The fourth-order valence-corrected chi connectivity index (χ4v) is 9.10. The van der Waals surface area contributed by atoms with E-state index in [1.54, 1.807) is 7.11 Å². The number of benzene rings is 2. The van der Waals surface area contributed by atoms with Crippen molar-refractivity contribution in [2.75, 3.05) is 76.7 Å². The highest BCUT2D eigenvalue weighted by Gasteiger charge is 2.55. The van der Waals surface area contributed by atoms with Crippen LogP contribution >= 0.6 is 0 Å². The van der Waals surface area contributed by atoms with Crippen molar-refractivity contribution in [3.63, 3.8) is 0 Å². The molecule has 3 saturated heterocycles. The van der Waals surface area contributed by atoms with Gasteiger partial charge in [0.1, 0.15) is 67.6 Å². The van der Waals surface area contributed by atoms with Gasteiger partial charge in [-0.25, -0.2) is 0 Å². The third-order valence-electron chi connectivity index (χ3n) is 12.2. The summed E-state index contributed by atoms with van der Waals surface area (Å²) < 4.78 is 84.8. The first-order valence-corrected chi connectivity index (χ1v) is 20.9. The van der Waals surface area contributed by atoms with Gasteiger partial charge in [-0.1, -0.05) is 48.5 Å². The number of amides is 1. The van der Waals surface area contributed by atoms with E-state index in [2.05, 4.69) is 29.6 Å². The second-order valence-corrected chi connectivity index (χ2v) is 15.7. The van der Waals surface area contributed by atoms with Crippen molar-refractivity contribution < 1.29 is 75.9 Å². The number of hydrogen-bond donors (Lipinski definition) is 2. The van der Waals surface area contributed by atoms with Crippen LogP contribution in [0.3, 0.4) is 0 Å². The van der Waals surface area contributed by atoms with Gasteiger partial charge in [-0.2, -0.15) is 0 Å². The van der Waals surface area contributed by atoms with Gasteiger partial charge in [-0.3, -0.25) is 9.59 Å². The van der Waals surface area contributed by atoms with Gasteiger partial charge in [0.05, 0.1) is 31.8 Å². The van der Waals surface area contributed by atoms with Gasteiger partial charge < -0.3 is 77.4 Å². The van der Waals surface area contributed by atoms with Gasteiger partial charge in [-0.05, 0) is 29.2 Å². The summed E-state index contributed by atoms with van der Waals surface area (Å²) >= 11 is 0. The van der Waals surface area contributed by atoms with Gasteiger partial charge in [0.2, 0.25) is 5.91 Å². The molecule has 0 saturated carbocycles. The van der Waals surface area contributed by atoms with Crippen molar-refractivity contribution >= 4 is 11.9 Å². The number of hydrogen-bond acceptors (Lipinski definition) is 17. The second-order valence-electron chi connectivity index (χ2n) is 15.7. The van der Waals surface area contributed by atoms with Crippen LogP contribution in [0.1, 0.15) is 36.8 Å². The number of carbonyl (C=O) groups is 2. The van der Waals surface area contributed by atoms with Crippen LogP contribution in [0.15, 0.2) is 48.5 Å². The molecule has 7 unspecified atom stereocenters.